The van der Waals surface area contributed by atoms with Gasteiger partial charge in [-0.05, 0) is 86.7 Å². The predicted molar refractivity (Wildman–Crippen MR) is 163 cm³/mol. The molecule has 3 aromatic carbocycles. The van der Waals surface area contributed by atoms with Gasteiger partial charge in [-0.3, -0.25) is 9.10 Å². The van der Waals surface area contributed by atoms with E-state index in [0.29, 0.717) is 31.2 Å². The van der Waals surface area contributed by atoms with E-state index >= 15 is 0 Å². The summed E-state index contributed by atoms with van der Waals surface area (Å²) in [6, 6.07) is 19.3. The number of carbonyl (C=O) groups excluding carboxylic acids is 1. The fourth-order valence-electron chi connectivity index (χ4n) is 4.45. The van der Waals surface area contributed by atoms with Crippen molar-refractivity contribution in [3.05, 3.63) is 72.8 Å². The number of thioether (sulfide) groups is 1. The topological polar surface area (TPSA) is 122 Å². The van der Waals surface area contributed by atoms with Gasteiger partial charge in [-0.15, -0.1) is 11.8 Å². The van der Waals surface area contributed by atoms with Crippen LogP contribution >= 0.6 is 11.8 Å². The molecule has 1 N–H and O–H groups in total. The Kier molecular flexibility index (Phi) is 10.8. The van der Waals surface area contributed by atoms with Crippen LogP contribution in [0.25, 0.3) is 0 Å². The van der Waals surface area contributed by atoms with Gasteiger partial charge in [0.25, 0.3) is 10.0 Å². The second-order valence-electron chi connectivity index (χ2n) is 9.37. The van der Waals surface area contributed by atoms with Gasteiger partial charge in [0.15, 0.2) is 0 Å². The molecule has 10 nitrogen and oxygen atoms in total. The summed E-state index contributed by atoms with van der Waals surface area (Å²) in [7, 11) is -7.62. The van der Waals surface area contributed by atoms with Crippen LogP contribution in [-0.2, 0) is 24.8 Å². The van der Waals surface area contributed by atoms with E-state index in [0.717, 1.165) is 22.0 Å². The van der Waals surface area contributed by atoms with Gasteiger partial charge in [-0.1, -0.05) is 12.1 Å². The Hall–Kier alpha value is -3.26. The van der Waals surface area contributed by atoms with Crippen LogP contribution in [0.15, 0.2) is 87.5 Å². The average Bonchev–Trinajstić information content (AvgIpc) is 3.55. The molecule has 1 fully saturated rings. The third-order valence-electron chi connectivity index (χ3n) is 6.59. The fraction of sp³-hybridized carbons (Fsp3) is 0.345. The number of hydrogen-bond acceptors (Lipinski definition) is 8. The number of ether oxygens (including phenoxy) is 2. The van der Waals surface area contributed by atoms with Crippen molar-refractivity contribution in [2.24, 2.45) is 0 Å². The molecule has 0 bridgehead atoms. The first-order valence-corrected chi connectivity index (χ1v) is 17.7. The predicted octanol–water partition coefficient (Wildman–Crippen LogP) is 3.98. The van der Waals surface area contributed by atoms with Crippen molar-refractivity contribution in [3.63, 3.8) is 0 Å². The normalized spacial score (nSPS) is 14.0. The number of hydrogen-bond donors (Lipinski definition) is 1. The molecule has 0 unspecified atom stereocenters. The van der Waals surface area contributed by atoms with Crippen LogP contribution in [0.3, 0.4) is 0 Å². The molecule has 13 heteroatoms. The summed E-state index contributed by atoms with van der Waals surface area (Å²) < 4.78 is 66.7. The van der Waals surface area contributed by atoms with E-state index in [-0.39, 0.29) is 28.6 Å². The smallest absolute Gasteiger partial charge is 0.264 e. The molecular weight excluding hydrogens is 599 g/mol. The highest BCUT2D eigenvalue weighted by Crippen LogP contribution is 2.33. The highest BCUT2D eigenvalue weighted by Gasteiger charge is 2.30. The molecule has 0 aliphatic carbocycles. The van der Waals surface area contributed by atoms with E-state index in [1.54, 1.807) is 55.5 Å². The molecule has 0 spiro atoms. The van der Waals surface area contributed by atoms with Crippen LogP contribution in [0.5, 0.6) is 11.5 Å². The third-order valence-corrected chi connectivity index (χ3v) is 11.0. The molecule has 42 heavy (non-hydrogen) atoms. The molecule has 0 radical (unpaired) electrons. The van der Waals surface area contributed by atoms with E-state index < -0.39 is 32.5 Å². The Morgan fingerprint density at radius 3 is 2.19 bits per heavy atom. The van der Waals surface area contributed by atoms with Crippen molar-refractivity contribution in [1.29, 1.82) is 0 Å². The van der Waals surface area contributed by atoms with Crippen LogP contribution < -0.4 is 19.1 Å². The minimum absolute atomic E-state index is 0.0536. The number of amides is 1. The van der Waals surface area contributed by atoms with Crippen LogP contribution in [0.2, 0.25) is 0 Å². The van der Waals surface area contributed by atoms with Gasteiger partial charge in [0.1, 0.15) is 24.7 Å². The number of rotatable bonds is 14. The number of sulfonamides is 2. The van der Waals surface area contributed by atoms with Crippen molar-refractivity contribution >= 4 is 43.4 Å². The van der Waals surface area contributed by atoms with Gasteiger partial charge in [0.2, 0.25) is 15.9 Å². The minimum atomic E-state index is -4.11. The summed E-state index contributed by atoms with van der Waals surface area (Å²) in [4.78, 5) is 14.2. The highest BCUT2D eigenvalue weighted by atomic mass is 32.2. The molecule has 226 valence electrons. The molecule has 1 amide bonds. The highest BCUT2D eigenvalue weighted by molar-refractivity contribution is 7.98. The number of carbonyl (C=O) groups is 1. The monoisotopic (exact) mass is 633 g/mol. The zero-order valence-corrected chi connectivity index (χ0v) is 26.0. The number of anilines is 1. The lowest BCUT2D eigenvalue weighted by molar-refractivity contribution is -0.119. The standard InChI is InChI=1S/C29H35N3O7S3/c1-3-38-28-9-5-4-8-27(28)32(42(36,37)26-16-12-24(40-2)13-17-26)22-29(33)30-18-21-39-23-10-14-25(15-11-23)41(34,35)31-19-6-7-20-31/h4-5,8-17H,3,6-7,18-22H2,1-2H3,(H,30,33). The lowest BCUT2D eigenvalue weighted by Crippen LogP contribution is -2.42. The Bertz CT molecular complexity index is 1560. The van der Waals surface area contributed by atoms with Crippen molar-refractivity contribution in [2.75, 3.05) is 50.0 Å². The van der Waals surface area contributed by atoms with E-state index in [4.69, 9.17) is 9.47 Å². The molecule has 0 aromatic heterocycles. The fourth-order valence-corrected chi connectivity index (χ4v) is 7.80. The van der Waals surface area contributed by atoms with Gasteiger partial charge < -0.3 is 14.8 Å². The second kappa shape index (κ2) is 14.3. The summed E-state index contributed by atoms with van der Waals surface area (Å²) in [5, 5.41) is 2.70. The van der Waals surface area contributed by atoms with E-state index in [9.17, 15) is 21.6 Å². The van der Waals surface area contributed by atoms with Gasteiger partial charge in [0.05, 0.1) is 28.6 Å². The van der Waals surface area contributed by atoms with Crippen molar-refractivity contribution in [1.82, 2.24) is 9.62 Å². The molecule has 0 saturated carbocycles. The lowest BCUT2D eigenvalue weighted by Gasteiger charge is -2.26. The Labute approximate surface area is 252 Å². The second-order valence-corrected chi connectivity index (χ2v) is 14.0. The molecule has 1 aliphatic heterocycles. The summed E-state index contributed by atoms with van der Waals surface area (Å²) >= 11 is 1.50. The first kappa shape index (κ1) is 31.7. The molecule has 0 atom stereocenters. The van der Waals surface area contributed by atoms with Gasteiger partial charge in [0, 0.05) is 18.0 Å². The Morgan fingerprint density at radius 1 is 0.905 bits per heavy atom. The SMILES string of the molecule is CCOc1ccccc1N(CC(=O)NCCOc1ccc(S(=O)(=O)N2CCCC2)cc1)S(=O)(=O)c1ccc(SC)cc1. The van der Waals surface area contributed by atoms with E-state index in [2.05, 4.69) is 5.32 Å². The maximum absolute atomic E-state index is 13.7. The average molecular weight is 634 g/mol. The number of nitrogens with zero attached hydrogens (tertiary/aromatic N) is 2. The summed E-state index contributed by atoms with van der Waals surface area (Å²) in [6.45, 7) is 2.91. The van der Waals surface area contributed by atoms with Gasteiger partial charge >= 0.3 is 0 Å². The van der Waals surface area contributed by atoms with Crippen molar-refractivity contribution in [3.8, 4) is 11.5 Å². The first-order valence-electron chi connectivity index (χ1n) is 13.5. The summed E-state index contributed by atoms with van der Waals surface area (Å²) in [6.07, 6.45) is 3.62. The zero-order valence-electron chi connectivity index (χ0n) is 23.6. The molecular formula is C29H35N3O7S3. The first-order chi connectivity index (χ1) is 20.2. The lowest BCUT2D eigenvalue weighted by atomic mass is 10.3. The quantitative estimate of drug-likeness (QED) is 0.209. The maximum atomic E-state index is 13.7. The molecule has 1 aliphatic rings. The largest absolute Gasteiger partial charge is 0.492 e. The third kappa shape index (κ3) is 7.57. The zero-order chi connectivity index (χ0) is 30.2. The Morgan fingerprint density at radius 2 is 1.55 bits per heavy atom. The van der Waals surface area contributed by atoms with E-state index in [1.165, 1.54) is 40.3 Å². The van der Waals surface area contributed by atoms with Gasteiger partial charge in [-0.2, -0.15) is 4.31 Å². The minimum Gasteiger partial charge on any atom is -0.492 e. The van der Waals surface area contributed by atoms with E-state index in [1.807, 2.05) is 6.26 Å². The van der Waals surface area contributed by atoms with Gasteiger partial charge in [-0.25, -0.2) is 16.8 Å². The molecule has 1 saturated heterocycles. The van der Waals surface area contributed by atoms with Crippen LogP contribution in [0, 0.1) is 0 Å². The van der Waals surface area contributed by atoms with Crippen molar-refractivity contribution < 1.29 is 31.1 Å². The summed E-state index contributed by atoms with van der Waals surface area (Å²) in [5.74, 6) is 0.269. The number of para-hydroxylation sites is 2. The summed E-state index contributed by atoms with van der Waals surface area (Å²) in [5.41, 5.74) is 0.253. The molecule has 3 aromatic rings. The van der Waals surface area contributed by atoms with Crippen LogP contribution in [0.1, 0.15) is 19.8 Å². The van der Waals surface area contributed by atoms with Crippen molar-refractivity contribution in [2.45, 2.75) is 34.5 Å². The Balaban J connectivity index is 1.41. The van der Waals surface area contributed by atoms with Crippen LogP contribution in [-0.4, -0.2) is 72.7 Å². The number of nitrogens with one attached hydrogen (secondary N) is 1. The maximum Gasteiger partial charge on any atom is 0.264 e. The number of benzene rings is 3. The molecule has 4 rings (SSSR count). The molecule has 1 heterocycles. The van der Waals surface area contributed by atoms with Crippen LogP contribution in [0.4, 0.5) is 5.69 Å².